The monoisotopic (exact) mass is 296 g/mol. The molecule has 1 N–H and O–H groups in total. The molecule has 4 heteroatoms. The first kappa shape index (κ1) is 16.8. The first-order chi connectivity index (χ1) is 9.98. The van der Waals surface area contributed by atoms with Crippen LogP contribution in [-0.2, 0) is 9.53 Å². The molecule has 0 aromatic rings. The summed E-state index contributed by atoms with van der Waals surface area (Å²) in [6.07, 6.45) is 5.87. The minimum Gasteiger partial charge on any atom is -0.378 e. The van der Waals surface area contributed by atoms with E-state index < -0.39 is 0 Å². The fraction of sp³-hybridized carbons (Fsp3) is 0.941. The Kier molecular flexibility index (Phi) is 6.06. The van der Waals surface area contributed by atoms with Crippen LogP contribution in [0, 0.1) is 11.3 Å². The second-order valence-electron chi connectivity index (χ2n) is 7.56. The van der Waals surface area contributed by atoms with Crippen LogP contribution in [0.5, 0.6) is 0 Å². The number of nitrogens with zero attached hydrogens (tertiary/aromatic N) is 1. The number of carbonyl (C=O) groups is 1. The average Bonchev–Trinajstić information content (AvgIpc) is 2.47. The lowest BCUT2D eigenvalue weighted by atomic mass is 9.69. The highest BCUT2D eigenvalue weighted by molar-refractivity contribution is 5.76. The van der Waals surface area contributed by atoms with Crippen molar-refractivity contribution in [3.63, 3.8) is 0 Å². The van der Waals surface area contributed by atoms with Crippen LogP contribution in [0.3, 0.4) is 0 Å². The van der Waals surface area contributed by atoms with E-state index in [0.29, 0.717) is 31.1 Å². The smallest absolute Gasteiger partial charge is 0.224 e. The predicted molar refractivity (Wildman–Crippen MR) is 85.2 cm³/mol. The number of rotatable bonds is 4. The first-order valence-electron chi connectivity index (χ1n) is 8.57. The van der Waals surface area contributed by atoms with Crippen LogP contribution in [0.15, 0.2) is 0 Å². The molecule has 21 heavy (non-hydrogen) atoms. The molecule has 0 aromatic heterocycles. The largest absolute Gasteiger partial charge is 0.378 e. The normalized spacial score (nSPS) is 27.7. The van der Waals surface area contributed by atoms with Crippen molar-refractivity contribution in [1.82, 2.24) is 10.2 Å². The standard InChI is InChI=1S/C17H32N2O2/c1-17(2,3)14-6-4-5-7-15(14)18-9-8-16(20)19-10-12-21-13-11-19/h14-15,18H,4-13H2,1-3H3. The molecule has 1 amide bonds. The quantitative estimate of drug-likeness (QED) is 0.866. The van der Waals surface area contributed by atoms with Crippen LogP contribution < -0.4 is 5.32 Å². The highest BCUT2D eigenvalue weighted by Crippen LogP contribution is 2.37. The van der Waals surface area contributed by atoms with Crippen molar-refractivity contribution in [3.05, 3.63) is 0 Å². The summed E-state index contributed by atoms with van der Waals surface area (Å²) in [5.74, 6) is 0.999. The van der Waals surface area contributed by atoms with Gasteiger partial charge < -0.3 is 15.0 Å². The van der Waals surface area contributed by atoms with Crippen LogP contribution in [0.4, 0.5) is 0 Å². The van der Waals surface area contributed by atoms with Crippen LogP contribution in [-0.4, -0.2) is 49.7 Å². The van der Waals surface area contributed by atoms with Gasteiger partial charge in [-0.2, -0.15) is 0 Å². The number of morpholine rings is 1. The number of hydrogen-bond donors (Lipinski definition) is 1. The van der Waals surface area contributed by atoms with Gasteiger partial charge >= 0.3 is 0 Å². The Morgan fingerprint density at radius 3 is 2.52 bits per heavy atom. The number of carbonyl (C=O) groups excluding carboxylic acids is 1. The van der Waals surface area contributed by atoms with Crippen molar-refractivity contribution in [2.45, 2.75) is 58.9 Å². The third-order valence-corrected chi connectivity index (χ3v) is 4.99. The minimum absolute atomic E-state index is 0.272. The van der Waals surface area contributed by atoms with Gasteiger partial charge in [0.2, 0.25) is 5.91 Å². The van der Waals surface area contributed by atoms with Gasteiger partial charge in [-0.3, -0.25) is 4.79 Å². The van der Waals surface area contributed by atoms with Crippen molar-refractivity contribution in [1.29, 1.82) is 0 Å². The Hall–Kier alpha value is -0.610. The maximum atomic E-state index is 12.1. The van der Waals surface area contributed by atoms with Crippen molar-refractivity contribution in [2.24, 2.45) is 11.3 Å². The summed E-state index contributed by atoms with van der Waals surface area (Å²) in [5.41, 5.74) is 0.353. The molecule has 2 aliphatic rings. The first-order valence-corrected chi connectivity index (χ1v) is 8.57. The molecular formula is C17H32N2O2. The Labute approximate surface area is 129 Å². The molecule has 1 heterocycles. The summed E-state index contributed by atoms with van der Waals surface area (Å²) >= 11 is 0. The fourth-order valence-corrected chi connectivity index (χ4v) is 3.75. The molecule has 1 aliphatic heterocycles. The zero-order chi connectivity index (χ0) is 15.3. The Bertz CT molecular complexity index is 332. The van der Waals surface area contributed by atoms with Crippen LogP contribution in [0.2, 0.25) is 0 Å². The van der Waals surface area contributed by atoms with Gasteiger partial charge in [-0.25, -0.2) is 0 Å². The van der Waals surface area contributed by atoms with E-state index in [4.69, 9.17) is 4.74 Å². The maximum absolute atomic E-state index is 12.1. The molecule has 1 saturated heterocycles. The average molecular weight is 296 g/mol. The predicted octanol–water partition coefficient (Wildman–Crippen LogP) is 2.43. The van der Waals surface area contributed by atoms with Crippen LogP contribution in [0.1, 0.15) is 52.9 Å². The molecule has 0 radical (unpaired) electrons. The van der Waals surface area contributed by atoms with Gasteiger partial charge in [-0.15, -0.1) is 0 Å². The highest BCUT2D eigenvalue weighted by atomic mass is 16.5. The zero-order valence-corrected chi connectivity index (χ0v) is 14.0. The zero-order valence-electron chi connectivity index (χ0n) is 14.0. The third kappa shape index (κ3) is 4.96. The van der Waals surface area contributed by atoms with Gasteiger partial charge in [0.25, 0.3) is 0 Å². The second kappa shape index (κ2) is 7.59. The summed E-state index contributed by atoms with van der Waals surface area (Å²) in [4.78, 5) is 14.1. The highest BCUT2D eigenvalue weighted by Gasteiger charge is 2.33. The topological polar surface area (TPSA) is 41.6 Å². The number of ether oxygens (including phenoxy) is 1. The molecule has 2 atom stereocenters. The molecule has 2 fully saturated rings. The van der Waals surface area contributed by atoms with Gasteiger partial charge in [-0.05, 0) is 24.2 Å². The molecule has 2 rings (SSSR count). The SMILES string of the molecule is CC(C)(C)C1CCCCC1NCCC(=O)N1CCOCC1. The van der Waals surface area contributed by atoms with E-state index in [9.17, 15) is 4.79 Å². The Balaban J connectivity index is 1.74. The van der Waals surface area contributed by atoms with Crippen LogP contribution >= 0.6 is 0 Å². The molecule has 4 nitrogen and oxygen atoms in total. The van der Waals surface area contributed by atoms with E-state index >= 15 is 0 Å². The molecular weight excluding hydrogens is 264 g/mol. The van der Waals surface area contributed by atoms with E-state index in [1.165, 1.54) is 25.7 Å². The molecule has 0 spiro atoms. The van der Waals surface area contributed by atoms with E-state index in [1.54, 1.807) is 0 Å². The molecule has 0 bridgehead atoms. The van der Waals surface area contributed by atoms with Crippen molar-refractivity contribution in [2.75, 3.05) is 32.8 Å². The molecule has 1 saturated carbocycles. The van der Waals surface area contributed by atoms with Crippen molar-refractivity contribution >= 4 is 5.91 Å². The van der Waals surface area contributed by atoms with E-state index in [-0.39, 0.29) is 5.91 Å². The lowest BCUT2D eigenvalue weighted by Crippen LogP contribution is -2.46. The summed E-state index contributed by atoms with van der Waals surface area (Å²) < 4.78 is 5.29. The Morgan fingerprint density at radius 2 is 1.86 bits per heavy atom. The molecule has 2 unspecified atom stereocenters. The van der Waals surface area contributed by atoms with Crippen molar-refractivity contribution < 1.29 is 9.53 Å². The maximum Gasteiger partial charge on any atom is 0.224 e. The van der Waals surface area contributed by atoms with Gasteiger partial charge in [0, 0.05) is 32.1 Å². The number of hydrogen-bond acceptors (Lipinski definition) is 3. The van der Waals surface area contributed by atoms with E-state index in [0.717, 1.165) is 25.6 Å². The number of amides is 1. The van der Waals surface area contributed by atoms with Gasteiger partial charge in [-0.1, -0.05) is 33.6 Å². The molecule has 122 valence electrons. The molecule has 0 aromatic carbocycles. The van der Waals surface area contributed by atoms with E-state index in [1.807, 2.05) is 4.90 Å². The van der Waals surface area contributed by atoms with Crippen LogP contribution in [0.25, 0.3) is 0 Å². The summed E-state index contributed by atoms with van der Waals surface area (Å²) in [7, 11) is 0. The minimum atomic E-state index is 0.272. The molecule has 1 aliphatic carbocycles. The van der Waals surface area contributed by atoms with Crippen molar-refractivity contribution in [3.8, 4) is 0 Å². The fourth-order valence-electron chi connectivity index (χ4n) is 3.75. The summed E-state index contributed by atoms with van der Waals surface area (Å²) in [6, 6.07) is 0.580. The van der Waals surface area contributed by atoms with E-state index in [2.05, 4.69) is 26.1 Å². The van der Waals surface area contributed by atoms with Gasteiger partial charge in [0.15, 0.2) is 0 Å². The lowest BCUT2D eigenvalue weighted by molar-refractivity contribution is -0.135. The van der Waals surface area contributed by atoms with Gasteiger partial charge in [0.05, 0.1) is 13.2 Å². The summed E-state index contributed by atoms with van der Waals surface area (Å²) in [6.45, 7) is 10.7. The van der Waals surface area contributed by atoms with Gasteiger partial charge in [0.1, 0.15) is 0 Å². The second-order valence-corrected chi connectivity index (χ2v) is 7.56. The third-order valence-electron chi connectivity index (χ3n) is 4.99. The number of nitrogens with one attached hydrogen (secondary N) is 1. The lowest BCUT2D eigenvalue weighted by Gasteiger charge is -2.41. The summed E-state index contributed by atoms with van der Waals surface area (Å²) in [5, 5.41) is 3.67. The Morgan fingerprint density at radius 1 is 1.19 bits per heavy atom.